The summed E-state index contributed by atoms with van der Waals surface area (Å²) in [5, 5.41) is 1.29. The number of anilines is 1. The first-order valence-corrected chi connectivity index (χ1v) is 9.48. The van der Waals surface area contributed by atoms with Crippen LogP contribution >= 0.6 is 0 Å². The summed E-state index contributed by atoms with van der Waals surface area (Å²) in [6.45, 7) is 3.50. The van der Waals surface area contributed by atoms with Crippen molar-refractivity contribution in [3.05, 3.63) is 54.6 Å². The van der Waals surface area contributed by atoms with Gasteiger partial charge in [0, 0.05) is 44.1 Å². The molecule has 5 heteroatoms. The van der Waals surface area contributed by atoms with Crippen LogP contribution in [0.4, 0.5) is 5.82 Å². The molecule has 134 valence electrons. The van der Waals surface area contributed by atoms with Crippen molar-refractivity contribution in [1.82, 2.24) is 19.9 Å². The Balaban J connectivity index is 1.20. The zero-order chi connectivity index (χ0) is 17.6. The molecular formula is C21H25N5. The zero-order valence-electron chi connectivity index (χ0n) is 15.2. The predicted molar refractivity (Wildman–Crippen MR) is 104 cm³/mol. The molecule has 3 heterocycles. The van der Waals surface area contributed by atoms with Gasteiger partial charge in [0.25, 0.3) is 0 Å². The number of nitrogens with zero attached hydrogens (tertiary/aromatic N) is 4. The highest BCUT2D eigenvalue weighted by Crippen LogP contribution is 2.50. The second kappa shape index (κ2) is 6.09. The first-order chi connectivity index (χ1) is 12.7. The number of hydrogen-bond acceptors (Lipinski definition) is 4. The smallest absolute Gasteiger partial charge is 0.131 e. The van der Waals surface area contributed by atoms with E-state index in [1.165, 1.54) is 48.8 Å². The van der Waals surface area contributed by atoms with Gasteiger partial charge in [0.2, 0.25) is 0 Å². The van der Waals surface area contributed by atoms with E-state index in [2.05, 4.69) is 56.1 Å². The molecule has 0 amide bonds. The summed E-state index contributed by atoms with van der Waals surface area (Å²) in [4.78, 5) is 16.7. The third-order valence-corrected chi connectivity index (χ3v) is 6.36. The zero-order valence-corrected chi connectivity index (χ0v) is 15.2. The molecule has 26 heavy (non-hydrogen) atoms. The summed E-state index contributed by atoms with van der Waals surface area (Å²) in [7, 11) is 2.16. The summed E-state index contributed by atoms with van der Waals surface area (Å²) in [5.74, 6) is 1.04. The minimum Gasteiger partial charge on any atom is -0.361 e. The van der Waals surface area contributed by atoms with E-state index in [0.717, 1.165) is 12.4 Å². The van der Waals surface area contributed by atoms with Crippen LogP contribution in [0, 0.1) is 5.41 Å². The number of fused-ring (bicyclic) bond motifs is 1. The molecule has 2 aliphatic rings. The molecule has 1 saturated heterocycles. The third kappa shape index (κ3) is 2.76. The van der Waals surface area contributed by atoms with Gasteiger partial charge in [-0.25, -0.2) is 9.97 Å². The van der Waals surface area contributed by atoms with Gasteiger partial charge in [-0.3, -0.25) is 4.90 Å². The van der Waals surface area contributed by atoms with Crippen molar-refractivity contribution in [1.29, 1.82) is 0 Å². The Labute approximate surface area is 154 Å². The van der Waals surface area contributed by atoms with Crippen LogP contribution < -0.4 is 4.90 Å². The molecule has 2 aromatic heterocycles. The summed E-state index contributed by atoms with van der Waals surface area (Å²) in [6.07, 6.45) is 9.36. The highest BCUT2D eigenvalue weighted by atomic mass is 15.2. The van der Waals surface area contributed by atoms with Crippen LogP contribution in [0.15, 0.2) is 49.1 Å². The number of aromatic amines is 1. The predicted octanol–water partition coefficient (Wildman–Crippen LogP) is 3.45. The van der Waals surface area contributed by atoms with Crippen molar-refractivity contribution in [2.45, 2.75) is 31.8 Å². The van der Waals surface area contributed by atoms with Crippen molar-refractivity contribution in [2.24, 2.45) is 5.41 Å². The fraction of sp³-hybridized carbons (Fsp3) is 0.429. The monoisotopic (exact) mass is 347 g/mol. The highest BCUT2D eigenvalue weighted by molar-refractivity contribution is 5.79. The van der Waals surface area contributed by atoms with Crippen molar-refractivity contribution in [2.75, 3.05) is 25.0 Å². The normalized spacial score (nSPS) is 25.7. The molecule has 1 aromatic carbocycles. The largest absolute Gasteiger partial charge is 0.361 e. The molecule has 1 aliphatic carbocycles. The van der Waals surface area contributed by atoms with Gasteiger partial charge >= 0.3 is 0 Å². The fourth-order valence-corrected chi connectivity index (χ4v) is 4.84. The van der Waals surface area contributed by atoms with E-state index >= 15 is 0 Å². The van der Waals surface area contributed by atoms with E-state index < -0.39 is 0 Å². The number of rotatable bonds is 4. The molecule has 0 radical (unpaired) electrons. The van der Waals surface area contributed by atoms with Gasteiger partial charge < -0.3 is 9.88 Å². The van der Waals surface area contributed by atoms with Crippen LogP contribution in [0.25, 0.3) is 10.9 Å². The Bertz CT molecular complexity index is 897. The quantitative estimate of drug-likeness (QED) is 0.785. The van der Waals surface area contributed by atoms with Gasteiger partial charge in [-0.1, -0.05) is 12.1 Å². The SMILES string of the molecule is CN(c1ccncn1)C1CC2(CCN(Cc3ccc4cc[nH]c4c3)C2)C1. The second-order valence-corrected chi connectivity index (χ2v) is 8.10. The molecule has 0 unspecified atom stereocenters. The molecule has 5 nitrogen and oxygen atoms in total. The van der Waals surface area contributed by atoms with Crippen LogP contribution in [0.1, 0.15) is 24.8 Å². The topological polar surface area (TPSA) is 48.1 Å². The molecular weight excluding hydrogens is 322 g/mol. The standard InChI is InChI=1S/C21H25N5/c1-25(20-5-7-22-15-24-20)18-11-21(12-18)6-9-26(14-21)13-16-2-3-17-4-8-23-19(17)10-16/h2-5,7-8,10,15,18,23H,6,9,11-14H2,1H3. The Morgan fingerprint density at radius 2 is 2.19 bits per heavy atom. The third-order valence-electron chi connectivity index (χ3n) is 6.36. The Kier molecular flexibility index (Phi) is 3.71. The van der Waals surface area contributed by atoms with E-state index in [0.29, 0.717) is 11.5 Å². The van der Waals surface area contributed by atoms with E-state index in [1.54, 1.807) is 6.33 Å². The maximum atomic E-state index is 4.39. The van der Waals surface area contributed by atoms with Gasteiger partial charge in [-0.15, -0.1) is 0 Å². The van der Waals surface area contributed by atoms with Gasteiger partial charge in [-0.05, 0) is 60.4 Å². The number of likely N-dealkylation sites (tertiary alicyclic amines) is 1. The summed E-state index contributed by atoms with van der Waals surface area (Å²) in [5.41, 5.74) is 3.17. The molecule has 1 spiro atoms. The van der Waals surface area contributed by atoms with Crippen LogP contribution in [-0.2, 0) is 6.54 Å². The van der Waals surface area contributed by atoms with Gasteiger partial charge in [-0.2, -0.15) is 0 Å². The van der Waals surface area contributed by atoms with Crippen LogP contribution in [0.5, 0.6) is 0 Å². The molecule has 1 saturated carbocycles. The van der Waals surface area contributed by atoms with E-state index in [1.807, 2.05) is 18.5 Å². The molecule has 0 bridgehead atoms. The Morgan fingerprint density at radius 1 is 1.27 bits per heavy atom. The average molecular weight is 347 g/mol. The second-order valence-electron chi connectivity index (χ2n) is 8.10. The molecule has 0 atom stereocenters. The van der Waals surface area contributed by atoms with Crippen LogP contribution in [-0.4, -0.2) is 46.0 Å². The highest BCUT2D eigenvalue weighted by Gasteiger charge is 2.49. The number of hydrogen-bond donors (Lipinski definition) is 1. The molecule has 1 aliphatic heterocycles. The van der Waals surface area contributed by atoms with Gasteiger partial charge in [0.15, 0.2) is 0 Å². The van der Waals surface area contributed by atoms with Gasteiger partial charge in [0.05, 0.1) is 0 Å². The van der Waals surface area contributed by atoms with Crippen molar-refractivity contribution in [3.63, 3.8) is 0 Å². The molecule has 1 N–H and O–H groups in total. The van der Waals surface area contributed by atoms with Crippen molar-refractivity contribution >= 4 is 16.7 Å². The Hall–Kier alpha value is -2.40. The molecule has 5 rings (SSSR count). The summed E-state index contributed by atoms with van der Waals surface area (Å²) >= 11 is 0. The number of aromatic nitrogens is 3. The maximum absolute atomic E-state index is 4.39. The first kappa shape index (κ1) is 15.8. The van der Waals surface area contributed by atoms with E-state index in [4.69, 9.17) is 0 Å². The maximum Gasteiger partial charge on any atom is 0.131 e. The number of benzene rings is 1. The summed E-state index contributed by atoms with van der Waals surface area (Å²) in [6, 6.07) is 11.5. The van der Waals surface area contributed by atoms with E-state index in [-0.39, 0.29) is 0 Å². The molecule has 3 aromatic rings. The van der Waals surface area contributed by atoms with Crippen molar-refractivity contribution in [3.8, 4) is 0 Å². The van der Waals surface area contributed by atoms with E-state index in [9.17, 15) is 0 Å². The summed E-state index contributed by atoms with van der Waals surface area (Å²) < 4.78 is 0. The van der Waals surface area contributed by atoms with Gasteiger partial charge in [0.1, 0.15) is 12.1 Å². The number of nitrogens with one attached hydrogen (secondary N) is 1. The first-order valence-electron chi connectivity index (χ1n) is 9.48. The minimum absolute atomic E-state index is 0.516. The lowest BCUT2D eigenvalue weighted by Crippen LogP contribution is -2.51. The average Bonchev–Trinajstić information content (AvgIpc) is 3.27. The lowest BCUT2D eigenvalue weighted by molar-refractivity contribution is 0.107. The lowest BCUT2D eigenvalue weighted by atomic mass is 9.64. The fourth-order valence-electron chi connectivity index (χ4n) is 4.84. The minimum atomic E-state index is 0.516. The molecule has 2 fully saturated rings. The van der Waals surface area contributed by atoms with Crippen LogP contribution in [0.3, 0.4) is 0 Å². The lowest BCUT2D eigenvalue weighted by Gasteiger charge is -2.49. The Morgan fingerprint density at radius 3 is 3.04 bits per heavy atom. The van der Waals surface area contributed by atoms with Crippen molar-refractivity contribution < 1.29 is 0 Å². The van der Waals surface area contributed by atoms with Crippen LogP contribution in [0.2, 0.25) is 0 Å². The number of H-pyrrole nitrogens is 1.